The Bertz CT molecular complexity index is 319. The molecule has 4 N–H and O–H groups in total. The normalized spacial score (nSPS) is 13.4. The molecule has 0 rings (SSSR count). The summed E-state index contributed by atoms with van der Waals surface area (Å²) in [6.45, 7) is 2.20. The van der Waals surface area contributed by atoms with Gasteiger partial charge in [-0.2, -0.15) is 0 Å². The third-order valence-electron chi connectivity index (χ3n) is 2.77. The van der Waals surface area contributed by atoms with E-state index in [4.69, 9.17) is 10.8 Å². The van der Waals surface area contributed by atoms with Crippen LogP contribution in [0.2, 0.25) is 0 Å². The van der Waals surface area contributed by atoms with Gasteiger partial charge in [0, 0.05) is 12.3 Å². The van der Waals surface area contributed by atoms with Crippen LogP contribution in [-0.2, 0) is 19.1 Å². The number of hydrogen-bond donors (Lipinski definition) is 3. The van der Waals surface area contributed by atoms with Crippen LogP contribution >= 0.6 is 0 Å². The molecule has 19 heavy (non-hydrogen) atoms. The minimum absolute atomic E-state index is 0.0113. The van der Waals surface area contributed by atoms with Crippen LogP contribution in [0.3, 0.4) is 0 Å². The van der Waals surface area contributed by atoms with E-state index in [1.165, 1.54) is 7.11 Å². The van der Waals surface area contributed by atoms with Crippen LogP contribution < -0.4 is 11.1 Å². The highest BCUT2D eigenvalue weighted by Gasteiger charge is 2.23. The molecule has 0 aliphatic carbocycles. The maximum absolute atomic E-state index is 11.7. The summed E-state index contributed by atoms with van der Waals surface area (Å²) in [5, 5.41) is 11.4. The molecule has 0 spiro atoms. The molecule has 0 radical (unpaired) electrons. The maximum atomic E-state index is 11.7. The van der Waals surface area contributed by atoms with Crippen molar-refractivity contribution in [3.05, 3.63) is 0 Å². The van der Waals surface area contributed by atoms with Gasteiger partial charge in [0.05, 0.1) is 7.11 Å². The zero-order valence-corrected chi connectivity index (χ0v) is 11.3. The lowest BCUT2D eigenvalue weighted by Gasteiger charge is -2.17. The number of carboxylic acids is 1. The van der Waals surface area contributed by atoms with Crippen LogP contribution in [0.5, 0.6) is 0 Å². The van der Waals surface area contributed by atoms with E-state index >= 15 is 0 Å². The van der Waals surface area contributed by atoms with E-state index in [-0.39, 0.29) is 24.7 Å². The van der Waals surface area contributed by atoms with Crippen molar-refractivity contribution in [1.29, 1.82) is 0 Å². The van der Waals surface area contributed by atoms with E-state index in [1.807, 2.05) is 0 Å². The minimum atomic E-state index is -1.16. The van der Waals surface area contributed by atoms with Gasteiger partial charge in [-0.3, -0.25) is 9.59 Å². The standard InChI is InChI=1S/C12H22N2O5/c1-8(4-3-7-13)11(16)14-9(12(17)18)5-6-10(15)19-2/h8-9H,3-7,13H2,1-2H3,(H,14,16)(H,17,18)/t8?,9-/m0/s1. The predicted octanol–water partition coefficient (Wildman–Crippen LogP) is -0.116. The second-order valence-electron chi connectivity index (χ2n) is 4.35. The fourth-order valence-electron chi connectivity index (χ4n) is 1.49. The molecular formula is C12H22N2O5. The van der Waals surface area contributed by atoms with Crippen molar-refractivity contribution in [1.82, 2.24) is 5.32 Å². The second-order valence-corrected chi connectivity index (χ2v) is 4.35. The lowest BCUT2D eigenvalue weighted by atomic mass is 10.0. The van der Waals surface area contributed by atoms with Gasteiger partial charge in [-0.15, -0.1) is 0 Å². The van der Waals surface area contributed by atoms with Crippen molar-refractivity contribution in [2.45, 2.75) is 38.6 Å². The monoisotopic (exact) mass is 274 g/mol. The Morgan fingerprint density at radius 3 is 2.42 bits per heavy atom. The summed E-state index contributed by atoms with van der Waals surface area (Å²) in [6.07, 6.45) is 1.27. The maximum Gasteiger partial charge on any atom is 0.326 e. The number of methoxy groups -OCH3 is 1. The number of nitrogens with two attached hydrogens (primary N) is 1. The van der Waals surface area contributed by atoms with Crippen molar-refractivity contribution in [2.75, 3.05) is 13.7 Å². The number of amides is 1. The molecule has 1 unspecified atom stereocenters. The molecular weight excluding hydrogens is 252 g/mol. The molecule has 0 fully saturated rings. The number of carbonyl (C=O) groups is 3. The number of esters is 1. The summed E-state index contributed by atoms with van der Waals surface area (Å²) in [5.74, 6) is -2.31. The predicted molar refractivity (Wildman–Crippen MR) is 68.3 cm³/mol. The summed E-state index contributed by atoms with van der Waals surface area (Å²) >= 11 is 0. The second kappa shape index (κ2) is 9.32. The molecule has 110 valence electrons. The highest BCUT2D eigenvalue weighted by atomic mass is 16.5. The average Bonchev–Trinajstić information content (AvgIpc) is 2.39. The first-order chi connectivity index (χ1) is 8.92. The Kier molecular flexibility index (Phi) is 8.52. The van der Waals surface area contributed by atoms with Gasteiger partial charge in [0.25, 0.3) is 0 Å². The number of carboxylic acid groups (broad SMARTS) is 1. The van der Waals surface area contributed by atoms with Gasteiger partial charge >= 0.3 is 11.9 Å². The number of carbonyl (C=O) groups excluding carboxylic acids is 2. The van der Waals surface area contributed by atoms with E-state index in [9.17, 15) is 14.4 Å². The van der Waals surface area contributed by atoms with Crippen molar-refractivity contribution in [2.24, 2.45) is 11.7 Å². The van der Waals surface area contributed by atoms with Crippen LogP contribution in [0.4, 0.5) is 0 Å². The Hall–Kier alpha value is -1.63. The van der Waals surface area contributed by atoms with Crippen molar-refractivity contribution in [3.63, 3.8) is 0 Å². The Labute approximate surface area is 112 Å². The zero-order chi connectivity index (χ0) is 14.8. The quantitative estimate of drug-likeness (QED) is 0.504. The number of ether oxygens (including phenoxy) is 1. The van der Waals surface area contributed by atoms with E-state index < -0.39 is 18.0 Å². The summed E-state index contributed by atoms with van der Waals surface area (Å²) in [5.41, 5.74) is 5.35. The van der Waals surface area contributed by atoms with Crippen molar-refractivity contribution >= 4 is 17.8 Å². The molecule has 0 saturated carbocycles. The van der Waals surface area contributed by atoms with Gasteiger partial charge in [0.15, 0.2) is 0 Å². The van der Waals surface area contributed by atoms with Gasteiger partial charge in [0.2, 0.25) is 5.91 Å². The SMILES string of the molecule is COC(=O)CC[C@H](NC(=O)C(C)CCCN)C(=O)O. The van der Waals surface area contributed by atoms with E-state index in [1.54, 1.807) is 6.92 Å². The molecule has 1 amide bonds. The van der Waals surface area contributed by atoms with Gasteiger partial charge < -0.3 is 20.9 Å². The summed E-state index contributed by atoms with van der Waals surface area (Å²) < 4.78 is 4.43. The van der Waals surface area contributed by atoms with E-state index in [0.29, 0.717) is 19.4 Å². The number of nitrogens with one attached hydrogen (secondary N) is 1. The van der Waals surface area contributed by atoms with Gasteiger partial charge in [-0.25, -0.2) is 4.79 Å². The first kappa shape index (κ1) is 17.4. The van der Waals surface area contributed by atoms with E-state index in [2.05, 4.69) is 10.1 Å². The van der Waals surface area contributed by atoms with Crippen LogP contribution in [0.1, 0.15) is 32.6 Å². The summed E-state index contributed by atoms with van der Waals surface area (Å²) in [4.78, 5) is 33.7. The average molecular weight is 274 g/mol. The fraction of sp³-hybridized carbons (Fsp3) is 0.750. The highest BCUT2D eigenvalue weighted by Crippen LogP contribution is 2.07. The molecule has 2 atom stereocenters. The first-order valence-corrected chi connectivity index (χ1v) is 6.22. The van der Waals surface area contributed by atoms with Gasteiger partial charge in [-0.05, 0) is 25.8 Å². The van der Waals surface area contributed by atoms with Crippen molar-refractivity contribution in [3.8, 4) is 0 Å². The number of rotatable bonds is 9. The number of aliphatic carboxylic acids is 1. The van der Waals surface area contributed by atoms with Crippen LogP contribution in [0, 0.1) is 5.92 Å². The van der Waals surface area contributed by atoms with E-state index in [0.717, 1.165) is 0 Å². The number of hydrogen-bond acceptors (Lipinski definition) is 5. The Morgan fingerprint density at radius 1 is 1.32 bits per heavy atom. The third-order valence-corrected chi connectivity index (χ3v) is 2.77. The topological polar surface area (TPSA) is 119 Å². The molecule has 0 aliphatic heterocycles. The minimum Gasteiger partial charge on any atom is -0.480 e. The molecule has 0 saturated heterocycles. The molecule has 7 heteroatoms. The largest absolute Gasteiger partial charge is 0.480 e. The Balaban J connectivity index is 4.29. The molecule has 7 nitrogen and oxygen atoms in total. The lowest BCUT2D eigenvalue weighted by molar-refractivity contribution is -0.144. The molecule has 0 aromatic heterocycles. The lowest BCUT2D eigenvalue weighted by Crippen LogP contribution is -2.43. The van der Waals surface area contributed by atoms with Crippen LogP contribution in [0.25, 0.3) is 0 Å². The Morgan fingerprint density at radius 2 is 1.95 bits per heavy atom. The van der Waals surface area contributed by atoms with Crippen LogP contribution in [0.15, 0.2) is 0 Å². The molecule has 0 heterocycles. The van der Waals surface area contributed by atoms with Crippen LogP contribution in [-0.4, -0.2) is 42.6 Å². The third kappa shape index (κ3) is 7.40. The molecule has 0 aliphatic rings. The molecule has 0 aromatic rings. The summed E-state index contributed by atoms with van der Waals surface area (Å²) in [6, 6.07) is -1.08. The highest BCUT2D eigenvalue weighted by molar-refractivity contribution is 5.85. The summed E-state index contributed by atoms with van der Waals surface area (Å²) in [7, 11) is 1.23. The van der Waals surface area contributed by atoms with Gasteiger partial charge in [0.1, 0.15) is 6.04 Å². The fourth-order valence-corrected chi connectivity index (χ4v) is 1.49. The molecule has 0 aromatic carbocycles. The smallest absolute Gasteiger partial charge is 0.326 e. The zero-order valence-electron chi connectivity index (χ0n) is 11.3. The van der Waals surface area contributed by atoms with Crippen molar-refractivity contribution < 1.29 is 24.2 Å². The molecule has 0 bridgehead atoms. The van der Waals surface area contributed by atoms with Gasteiger partial charge in [-0.1, -0.05) is 6.92 Å². The first-order valence-electron chi connectivity index (χ1n) is 6.22.